The third-order valence-corrected chi connectivity index (χ3v) is 5.01. The van der Waals surface area contributed by atoms with Crippen LogP contribution in [-0.2, 0) is 14.6 Å². The predicted molar refractivity (Wildman–Crippen MR) is 72.5 cm³/mol. The topological polar surface area (TPSA) is 75.3 Å². The summed E-state index contributed by atoms with van der Waals surface area (Å²) in [5.74, 6) is 0.107. The van der Waals surface area contributed by atoms with Gasteiger partial charge in [0.05, 0.1) is 10.6 Å². The van der Waals surface area contributed by atoms with E-state index in [4.69, 9.17) is 0 Å². The molecule has 1 unspecified atom stereocenters. The Balaban J connectivity index is 2.06. The maximum atomic E-state index is 12.0. The summed E-state index contributed by atoms with van der Waals surface area (Å²) in [6.07, 6.45) is 0.569. The second-order valence-corrected chi connectivity index (χ2v) is 6.71. The van der Waals surface area contributed by atoms with Crippen molar-refractivity contribution in [2.24, 2.45) is 0 Å². The van der Waals surface area contributed by atoms with Gasteiger partial charge < -0.3 is 10.6 Å². The number of benzene rings is 1. The van der Waals surface area contributed by atoms with Crippen molar-refractivity contribution in [3.05, 3.63) is 29.8 Å². The van der Waals surface area contributed by atoms with Gasteiger partial charge in [0.25, 0.3) is 0 Å². The van der Waals surface area contributed by atoms with Crippen LogP contribution < -0.4 is 10.6 Å². The quantitative estimate of drug-likeness (QED) is 0.794. The molecule has 0 fully saturated rings. The van der Waals surface area contributed by atoms with Gasteiger partial charge in [0.2, 0.25) is 5.91 Å². The van der Waals surface area contributed by atoms with Gasteiger partial charge in [-0.1, -0.05) is 18.2 Å². The van der Waals surface area contributed by atoms with Crippen LogP contribution in [0.5, 0.6) is 0 Å². The first kappa shape index (κ1) is 14.0. The molecule has 2 rings (SSSR count). The third kappa shape index (κ3) is 3.33. The molecule has 0 aromatic heterocycles. The van der Waals surface area contributed by atoms with Gasteiger partial charge in [-0.25, -0.2) is 8.42 Å². The number of nitrogens with one attached hydrogen (secondary N) is 2. The minimum atomic E-state index is -3.13. The number of carbonyl (C=O) groups is 1. The van der Waals surface area contributed by atoms with E-state index in [0.29, 0.717) is 24.4 Å². The van der Waals surface area contributed by atoms with Crippen molar-refractivity contribution in [2.45, 2.75) is 24.3 Å². The molecule has 1 aliphatic heterocycles. The zero-order valence-corrected chi connectivity index (χ0v) is 11.7. The second kappa shape index (κ2) is 5.71. The van der Waals surface area contributed by atoms with E-state index in [1.165, 1.54) is 6.92 Å². The van der Waals surface area contributed by atoms with Crippen molar-refractivity contribution in [1.29, 1.82) is 0 Å². The number of hydrogen-bond donors (Lipinski definition) is 2. The minimum Gasteiger partial charge on any atom is -0.355 e. The summed E-state index contributed by atoms with van der Waals surface area (Å²) in [5, 5.41) is 6.00. The fourth-order valence-corrected chi connectivity index (χ4v) is 3.91. The molecule has 1 atom stereocenters. The van der Waals surface area contributed by atoms with Crippen LogP contribution in [0.1, 0.15) is 24.9 Å². The lowest BCUT2D eigenvalue weighted by molar-refractivity contribution is -0.118. The maximum Gasteiger partial charge on any atom is 0.216 e. The molecule has 1 aliphatic rings. The highest BCUT2D eigenvalue weighted by Crippen LogP contribution is 2.31. The minimum absolute atomic E-state index is 0.0356. The number of carbonyl (C=O) groups excluding carboxylic acids is 1. The first-order chi connectivity index (χ1) is 9.00. The highest BCUT2D eigenvalue weighted by Gasteiger charge is 2.29. The van der Waals surface area contributed by atoms with Crippen molar-refractivity contribution in [3.63, 3.8) is 0 Å². The van der Waals surface area contributed by atoms with Crippen molar-refractivity contribution >= 4 is 15.7 Å². The zero-order chi connectivity index (χ0) is 13.9. The first-order valence-electron chi connectivity index (χ1n) is 6.30. The molecule has 0 aliphatic carbocycles. The monoisotopic (exact) mass is 282 g/mol. The summed E-state index contributed by atoms with van der Waals surface area (Å²) in [7, 11) is -3.13. The largest absolute Gasteiger partial charge is 0.355 e. The standard InChI is InChI=1S/C13H18N2O3S/c1-10(16)14-7-8-15-12-6-9-19(17,18)13-5-3-2-4-11(12)13/h2-5,12,15H,6-9H2,1H3,(H,14,16). The van der Waals surface area contributed by atoms with Crippen LogP contribution in [0.3, 0.4) is 0 Å². The lowest BCUT2D eigenvalue weighted by atomic mass is 10.0. The number of amides is 1. The summed E-state index contributed by atoms with van der Waals surface area (Å²) in [6, 6.07) is 7.14. The highest BCUT2D eigenvalue weighted by molar-refractivity contribution is 7.91. The lowest BCUT2D eigenvalue weighted by Crippen LogP contribution is -2.35. The average Bonchev–Trinajstić information content (AvgIpc) is 2.37. The van der Waals surface area contributed by atoms with Crippen molar-refractivity contribution in [1.82, 2.24) is 10.6 Å². The van der Waals surface area contributed by atoms with E-state index in [1.807, 2.05) is 12.1 Å². The van der Waals surface area contributed by atoms with Crippen molar-refractivity contribution in [3.8, 4) is 0 Å². The normalized spacial score (nSPS) is 20.6. The fourth-order valence-electron chi connectivity index (χ4n) is 2.29. The van der Waals surface area contributed by atoms with Gasteiger partial charge in [0.1, 0.15) is 0 Å². The maximum absolute atomic E-state index is 12.0. The summed E-state index contributed by atoms with van der Waals surface area (Å²) < 4.78 is 23.9. The van der Waals surface area contributed by atoms with Gasteiger partial charge in [-0.15, -0.1) is 0 Å². The fraction of sp³-hybridized carbons (Fsp3) is 0.462. The summed E-state index contributed by atoms with van der Waals surface area (Å²) in [4.78, 5) is 11.2. The molecule has 1 amide bonds. The number of hydrogen-bond acceptors (Lipinski definition) is 4. The van der Waals surface area contributed by atoms with Gasteiger partial charge in [-0.3, -0.25) is 4.79 Å². The Morgan fingerprint density at radius 3 is 2.79 bits per heavy atom. The van der Waals surface area contributed by atoms with Crippen LogP contribution in [0.25, 0.3) is 0 Å². The number of fused-ring (bicyclic) bond motifs is 1. The van der Waals surface area contributed by atoms with Gasteiger partial charge in [0, 0.05) is 26.1 Å². The molecular weight excluding hydrogens is 264 g/mol. The molecule has 0 spiro atoms. The predicted octanol–water partition coefficient (Wildman–Crippen LogP) is 0.631. The van der Waals surface area contributed by atoms with Gasteiger partial charge in [0.15, 0.2) is 9.84 Å². The Hall–Kier alpha value is -1.40. The summed E-state index contributed by atoms with van der Waals surface area (Å²) >= 11 is 0. The first-order valence-corrected chi connectivity index (χ1v) is 7.95. The molecule has 104 valence electrons. The van der Waals surface area contributed by atoms with Crippen molar-refractivity contribution < 1.29 is 13.2 Å². The van der Waals surface area contributed by atoms with E-state index in [-0.39, 0.29) is 17.7 Å². The highest BCUT2D eigenvalue weighted by atomic mass is 32.2. The van der Waals surface area contributed by atoms with Crippen molar-refractivity contribution in [2.75, 3.05) is 18.8 Å². The Bertz CT molecular complexity index is 569. The van der Waals surface area contributed by atoms with Gasteiger partial charge in [-0.2, -0.15) is 0 Å². The Labute approximate surface area is 113 Å². The smallest absolute Gasteiger partial charge is 0.216 e. The summed E-state index contributed by atoms with van der Waals surface area (Å²) in [6.45, 7) is 2.64. The van der Waals surface area contributed by atoms with Crippen LogP contribution in [0.2, 0.25) is 0 Å². The molecular formula is C13H18N2O3S. The van der Waals surface area contributed by atoms with Crippen LogP contribution in [0, 0.1) is 0 Å². The third-order valence-electron chi connectivity index (χ3n) is 3.19. The van der Waals surface area contributed by atoms with Crippen LogP contribution >= 0.6 is 0 Å². The average molecular weight is 282 g/mol. The van der Waals surface area contributed by atoms with Crippen LogP contribution in [0.15, 0.2) is 29.2 Å². The molecule has 1 heterocycles. The van der Waals surface area contributed by atoms with Crippen LogP contribution in [0.4, 0.5) is 0 Å². The van der Waals surface area contributed by atoms with E-state index in [0.717, 1.165) is 5.56 Å². The number of rotatable bonds is 4. The molecule has 2 N–H and O–H groups in total. The zero-order valence-electron chi connectivity index (χ0n) is 10.8. The van der Waals surface area contributed by atoms with Gasteiger partial charge in [-0.05, 0) is 18.1 Å². The van der Waals surface area contributed by atoms with E-state index in [9.17, 15) is 13.2 Å². The molecule has 19 heavy (non-hydrogen) atoms. The molecule has 6 heteroatoms. The van der Waals surface area contributed by atoms with E-state index in [2.05, 4.69) is 10.6 Å². The van der Waals surface area contributed by atoms with Crippen LogP contribution in [-0.4, -0.2) is 33.2 Å². The Kier molecular flexibility index (Phi) is 4.21. The number of sulfone groups is 1. The Morgan fingerprint density at radius 2 is 2.05 bits per heavy atom. The molecule has 1 aromatic rings. The van der Waals surface area contributed by atoms with E-state index >= 15 is 0 Å². The molecule has 0 bridgehead atoms. The molecule has 0 saturated carbocycles. The van der Waals surface area contributed by atoms with E-state index in [1.54, 1.807) is 12.1 Å². The molecule has 1 aromatic carbocycles. The lowest BCUT2D eigenvalue weighted by Gasteiger charge is -2.26. The van der Waals surface area contributed by atoms with Gasteiger partial charge >= 0.3 is 0 Å². The molecule has 0 saturated heterocycles. The molecule has 0 radical (unpaired) electrons. The summed E-state index contributed by atoms with van der Waals surface area (Å²) in [5.41, 5.74) is 0.830. The second-order valence-electron chi connectivity index (χ2n) is 4.64. The van der Waals surface area contributed by atoms with E-state index < -0.39 is 9.84 Å². The SMILES string of the molecule is CC(=O)NCCNC1CCS(=O)(=O)c2ccccc21. The Morgan fingerprint density at radius 1 is 1.32 bits per heavy atom. The molecule has 5 nitrogen and oxygen atoms in total.